The number of carbonyl (C=O) groups excluding carboxylic acids is 1. The maximum atomic E-state index is 13.3. The molecule has 2 N–H and O–H groups in total. The van der Waals surface area contributed by atoms with Gasteiger partial charge in [-0.25, -0.2) is 9.78 Å². The normalized spacial score (nSPS) is 19.2. The lowest BCUT2D eigenvalue weighted by Gasteiger charge is -2.27. The number of carboxylic acids is 1. The minimum atomic E-state index is -5.08. The first-order valence-electron chi connectivity index (χ1n) is 9.78. The van der Waals surface area contributed by atoms with Gasteiger partial charge in [0.05, 0.1) is 11.6 Å². The Labute approximate surface area is 182 Å². The summed E-state index contributed by atoms with van der Waals surface area (Å²) in [5.41, 5.74) is 4.14. The molecule has 1 atom stereocenters. The molecule has 0 bridgehead atoms. The van der Waals surface area contributed by atoms with Gasteiger partial charge in [0.2, 0.25) is 5.91 Å². The molecule has 2 heterocycles. The number of alkyl halides is 3. The number of aromatic nitrogens is 2. The van der Waals surface area contributed by atoms with E-state index in [-0.39, 0.29) is 17.2 Å². The van der Waals surface area contributed by atoms with Crippen molar-refractivity contribution in [3.05, 3.63) is 46.0 Å². The molecule has 0 radical (unpaired) electrons. The average Bonchev–Trinajstić information content (AvgIpc) is 3.17. The molecule has 1 aromatic carbocycles. The van der Waals surface area contributed by atoms with E-state index < -0.39 is 12.1 Å². The number of benzene rings is 1. The van der Waals surface area contributed by atoms with Crippen LogP contribution >= 0.6 is 11.6 Å². The summed E-state index contributed by atoms with van der Waals surface area (Å²) in [7, 11) is 0. The van der Waals surface area contributed by atoms with Crippen LogP contribution in [0.25, 0.3) is 0 Å². The molecule has 1 unspecified atom stereocenters. The van der Waals surface area contributed by atoms with Crippen LogP contribution in [0.2, 0.25) is 5.02 Å². The number of aliphatic carboxylic acids is 1. The van der Waals surface area contributed by atoms with Crippen LogP contribution in [0.15, 0.2) is 18.2 Å². The monoisotopic (exact) mass is 457 g/mol. The second-order valence-corrected chi connectivity index (χ2v) is 8.84. The molecule has 2 aromatic rings. The van der Waals surface area contributed by atoms with Crippen LogP contribution in [-0.4, -0.2) is 39.7 Å². The fraction of sp³-hybridized carbons (Fsp3) is 0.476. The Balaban J connectivity index is 0.000000339. The highest BCUT2D eigenvalue weighted by Gasteiger charge is 2.42. The molecule has 0 spiro atoms. The van der Waals surface area contributed by atoms with Crippen molar-refractivity contribution < 1.29 is 27.9 Å². The maximum Gasteiger partial charge on any atom is 0.490 e. The summed E-state index contributed by atoms with van der Waals surface area (Å²) in [4.78, 5) is 32.1. The number of H-pyrrole nitrogens is 1. The summed E-state index contributed by atoms with van der Waals surface area (Å²) in [5.74, 6) is -1.84. The summed E-state index contributed by atoms with van der Waals surface area (Å²) >= 11 is 6.18. The van der Waals surface area contributed by atoms with Gasteiger partial charge in [0.25, 0.3) is 0 Å². The van der Waals surface area contributed by atoms with Crippen molar-refractivity contribution in [1.82, 2.24) is 9.97 Å². The Hall–Kier alpha value is -2.55. The zero-order valence-electron chi connectivity index (χ0n) is 17.3. The van der Waals surface area contributed by atoms with E-state index in [0.717, 1.165) is 52.7 Å². The first-order valence-corrected chi connectivity index (χ1v) is 10.2. The number of hydrogen-bond acceptors (Lipinski definition) is 3. The number of hydrogen-bond donors (Lipinski definition) is 2. The number of nitrogens with one attached hydrogen (secondary N) is 1. The molecule has 1 amide bonds. The summed E-state index contributed by atoms with van der Waals surface area (Å²) in [6, 6.07) is 5.84. The number of imidazole rings is 1. The Kier molecular flexibility index (Phi) is 6.10. The van der Waals surface area contributed by atoms with E-state index in [1.165, 1.54) is 0 Å². The summed E-state index contributed by atoms with van der Waals surface area (Å²) in [6.45, 7) is 6.98. The van der Waals surface area contributed by atoms with Gasteiger partial charge in [-0.1, -0.05) is 25.4 Å². The highest BCUT2D eigenvalue weighted by atomic mass is 35.5. The molecule has 4 rings (SSSR count). The number of nitrogens with zero attached hydrogens (tertiary/aromatic N) is 2. The highest BCUT2D eigenvalue weighted by molar-refractivity contribution is 6.30. The fourth-order valence-corrected chi connectivity index (χ4v) is 4.31. The smallest absolute Gasteiger partial charge is 0.475 e. The lowest BCUT2D eigenvalue weighted by molar-refractivity contribution is -0.192. The van der Waals surface area contributed by atoms with Crippen LogP contribution in [0.1, 0.15) is 55.4 Å². The number of amides is 1. The van der Waals surface area contributed by atoms with Crippen molar-refractivity contribution in [1.29, 1.82) is 0 Å². The van der Waals surface area contributed by atoms with Gasteiger partial charge in [-0.05, 0) is 49.9 Å². The number of aryl methyl sites for hydroxylation is 2. The van der Waals surface area contributed by atoms with Crippen LogP contribution in [-0.2, 0) is 21.4 Å². The molecule has 168 valence electrons. The molecule has 0 fully saturated rings. The van der Waals surface area contributed by atoms with E-state index in [1.807, 2.05) is 30.0 Å². The second-order valence-electron chi connectivity index (χ2n) is 8.40. The standard InChI is InChI=1S/C19H22ClN3O.C2HF3O2/c1-11-21-15-6-4-5-13(17(15)22-11)18(24)23-10-19(2,3)14-9-12(20)7-8-16(14)23;3-2(4,5)1(6)7/h7-9,13H,4-6,10H2,1-3H3,(H,21,22);(H,6,7). The lowest BCUT2D eigenvalue weighted by Crippen LogP contribution is -2.38. The molecule has 1 aliphatic heterocycles. The quantitative estimate of drug-likeness (QED) is 0.647. The topological polar surface area (TPSA) is 86.3 Å². The molecule has 0 saturated carbocycles. The Morgan fingerprint density at radius 2 is 1.97 bits per heavy atom. The van der Waals surface area contributed by atoms with E-state index in [2.05, 4.69) is 23.8 Å². The van der Waals surface area contributed by atoms with Crippen LogP contribution in [0, 0.1) is 6.92 Å². The zero-order valence-corrected chi connectivity index (χ0v) is 18.1. The zero-order chi connectivity index (χ0) is 23.1. The molecule has 1 aromatic heterocycles. The predicted molar refractivity (Wildman–Crippen MR) is 110 cm³/mol. The van der Waals surface area contributed by atoms with Crippen LogP contribution < -0.4 is 4.90 Å². The number of aromatic amines is 1. The van der Waals surface area contributed by atoms with Crippen molar-refractivity contribution in [3.63, 3.8) is 0 Å². The van der Waals surface area contributed by atoms with Crippen molar-refractivity contribution in [2.45, 2.75) is 57.5 Å². The van der Waals surface area contributed by atoms with Crippen molar-refractivity contribution >= 4 is 29.2 Å². The van der Waals surface area contributed by atoms with Gasteiger partial charge in [0.15, 0.2) is 0 Å². The number of carbonyl (C=O) groups is 2. The molecule has 1 aliphatic carbocycles. The van der Waals surface area contributed by atoms with Crippen molar-refractivity contribution in [2.75, 3.05) is 11.4 Å². The fourth-order valence-electron chi connectivity index (χ4n) is 4.13. The van der Waals surface area contributed by atoms with Gasteiger partial charge < -0.3 is 15.0 Å². The first-order chi connectivity index (χ1) is 14.3. The Morgan fingerprint density at radius 3 is 2.58 bits per heavy atom. The molecule has 0 saturated heterocycles. The second kappa shape index (κ2) is 8.18. The van der Waals surface area contributed by atoms with Crippen LogP contribution in [0.4, 0.5) is 18.9 Å². The van der Waals surface area contributed by atoms with Crippen LogP contribution in [0.5, 0.6) is 0 Å². The van der Waals surface area contributed by atoms with E-state index in [0.29, 0.717) is 6.54 Å². The third-order valence-corrected chi connectivity index (χ3v) is 5.75. The van der Waals surface area contributed by atoms with Gasteiger partial charge in [-0.15, -0.1) is 0 Å². The minimum absolute atomic E-state index is 0.0884. The molecular weight excluding hydrogens is 435 g/mol. The molecular formula is C21H23ClF3N3O3. The minimum Gasteiger partial charge on any atom is -0.475 e. The number of fused-ring (bicyclic) bond motifs is 2. The van der Waals surface area contributed by atoms with E-state index in [4.69, 9.17) is 21.5 Å². The van der Waals surface area contributed by atoms with Crippen LogP contribution in [0.3, 0.4) is 0 Å². The number of halogens is 4. The van der Waals surface area contributed by atoms with E-state index in [9.17, 15) is 18.0 Å². The Bertz CT molecular complexity index is 1020. The van der Waals surface area contributed by atoms with E-state index in [1.54, 1.807) is 0 Å². The third-order valence-electron chi connectivity index (χ3n) is 5.52. The number of rotatable bonds is 1. The maximum absolute atomic E-state index is 13.3. The lowest BCUT2D eigenvalue weighted by atomic mass is 9.87. The molecule has 6 nitrogen and oxygen atoms in total. The average molecular weight is 458 g/mol. The molecule has 10 heteroatoms. The predicted octanol–water partition coefficient (Wildman–Crippen LogP) is 4.75. The van der Waals surface area contributed by atoms with Gasteiger partial charge in [0.1, 0.15) is 5.82 Å². The van der Waals surface area contributed by atoms with Gasteiger partial charge in [-0.2, -0.15) is 13.2 Å². The molecule has 2 aliphatic rings. The summed E-state index contributed by atoms with van der Waals surface area (Å²) in [5, 5.41) is 7.85. The Morgan fingerprint density at radius 1 is 1.32 bits per heavy atom. The number of carboxylic acid groups (broad SMARTS) is 1. The van der Waals surface area contributed by atoms with Crippen molar-refractivity contribution in [2.24, 2.45) is 0 Å². The number of anilines is 1. The van der Waals surface area contributed by atoms with Gasteiger partial charge in [0, 0.05) is 28.4 Å². The summed E-state index contributed by atoms with van der Waals surface area (Å²) < 4.78 is 31.7. The van der Waals surface area contributed by atoms with Gasteiger partial charge in [-0.3, -0.25) is 4.79 Å². The van der Waals surface area contributed by atoms with Crippen molar-refractivity contribution in [3.8, 4) is 0 Å². The molecule has 31 heavy (non-hydrogen) atoms. The van der Waals surface area contributed by atoms with Gasteiger partial charge >= 0.3 is 12.1 Å². The largest absolute Gasteiger partial charge is 0.490 e. The first kappa shape index (κ1) is 23.1. The van der Waals surface area contributed by atoms with E-state index >= 15 is 0 Å². The highest BCUT2D eigenvalue weighted by Crippen LogP contribution is 2.44. The SMILES string of the molecule is Cc1nc2c([nH]1)CCCC2C(=O)N1CC(C)(C)c2cc(Cl)ccc21.O=C(O)C(F)(F)F. The third kappa shape index (κ3) is 4.71. The summed E-state index contributed by atoms with van der Waals surface area (Å²) in [6.07, 6.45) is -2.20.